The Hall–Kier alpha value is -4.24. The molecule has 0 heterocycles. The Labute approximate surface area is 197 Å². The lowest BCUT2D eigenvalue weighted by molar-refractivity contribution is 0.0680. The average molecular weight is 486 g/mol. The molecule has 3 rings (SSSR count). The van der Waals surface area contributed by atoms with E-state index < -0.39 is 46.3 Å². The van der Waals surface area contributed by atoms with Crippen LogP contribution in [0.3, 0.4) is 0 Å². The fourth-order valence-corrected chi connectivity index (χ4v) is 3.56. The van der Waals surface area contributed by atoms with Crippen LogP contribution in [0.5, 0.6) is 0 Å². The van der Waals surface area contributed by atoms with E-state index in [1.54, 1.807) is 19.1 Å². The summed E-state index contributed by atoms with van der Waals surface area (Å²) in [5, 5.41) is 30.1. The van der Waals surface area contributed by atoms with E-state index in [9.17, 15) is 33.8 Å². The monoisotopic (exact) mass is 485 g/mol. The second-order valence-corrected chi connectivity index (χ2v) is 7.57. The normalized spacial score (nSPS) is 10.6. The van der Waals surface area contributed by atoms with Crippen molar-refractivity contribution >= 4 is 41.1 Å². The van der Waals surface area contributed by atoms with E-state index >= 15 is 0 Å². The number of rotatable bonds is 7. The largest absolute Gasteiger partial charge is 0.478 e. The van der Waals surface area contributed by atoms with E-state index in [-0.39, 0.29) is 16.3 Å². The fourth-order valence-electron chi connectivity index (χ4n) is 3.32. The van der Waals surface area contributed by atoms with Crippen molar-refractivity contribution in [1.29, 1.82) is 0 Å². The first-order valence-corrected chi connectivity index (χ1v) is 10.2. The van der Waals surface area contributed by atoms with Gasteiger partial charge in [-0.25, -0.2) is 18.8 Å². The van der Waals surface area contributed by atoms with Crippen molar-refractivity contribution in [3.63, 3.8) is 0 Å². The number of amides is 1. The molecule has 0 aromatic heterocycles. The summed E-state index contributed by atoms with van der Waals surface area (Å²) in [6, 6.07) is 10.1. The molecule has 8 nitrogen and oxygen atoms in total. The third-order valence-corrected chi connectivity index (χ3v) is 5.39. The third kappa shape index (κ3) is 4.89. The summed E-state index contributed by atoms with van der Waals surface area (Å²) < 4.78 is 14.2. The number of carbonyl (C=O) groups excluding carboxylic acids is 1. The molecule has 0 aliphatic carbocycles. The van der Waals surface area contributed by atoms with E-state index in [0.717, 1.165) is 12.1 Å². The summed E-state index contributed by atoms with van der Waals surface area (Å²) in [6.07, 6.45) is 0.487. The summed E-state index contributed by atoms with van der Waals surface area (Å²) in [4.78, 5) is 47.5. The molecule has 0 unspecified atom stereocenters. The van der Waals surface area contributed by atoms with Crippen LogP contribution in [0, 0.1) is 5.82 Å². The van der Waals surface area contributed by atoms with E-state index in [1.165, 1.54) is 24.3 Å². The number of benzene rings is 3. The molecule has 1 amide bonds. The highest BCUT2D eigenvalue weighted by molar-refractivity contribution is 6.34. The average Bonchev–Trinajstić information content (AvgIpc) is 2.78. The Balaban J connectivity index is 2.07. The zero-order valence-electron chi connectivity index (χ0n) is 17.6. The molecule has 0 atom stereocenters. The van der Waals surface area contributed by atoms with Crippen LogP contribution in [0.1, 0.15) is 53.9 Å². The van der Waals surface area contributed by atoms with Crippen LogP contribution < -0.4 is 5.32 Å². The number of halogens is 2. The van der Waals surface area contributed by atoms with Crippen molar-refractivity contribution in [2.24, 2.45) is 0 Å². The summed E-state index contributed by atoms with van der Waals surface area (Å²) >= 11 is 5.89. The second-order valence-electron chi connectivity index (χ2n) is 7.17. The summed E-state index contributed by atoms with van der Waals surface area (Å²) in [6.45, 7) is 1.80. The Kier molecular flexibility index (Phi) is 6.97. The van der Waals surface area contributed by atoms with Gasteiger partial charge in [-0.05, 0) is 53.4 Å². The van der Waals surface area contributed by atoms with Crippen LogP contribution in [-0.2, 0) is 6.42 Å². The number of aryl methyl sites for hydroxylation is 1. The molecule has 0 fully saturated rings. The molecule has 0 aliphatic rings. The van der Waals surface area contributed by atoms with Crippen molar-refractivity contribution < 1.29 is 38.9 Å². The highest BCUT2D eigenvalue weighted by Crippen LogP contribution is 2.29. The molecule has 10 heteroatoms. The van der Waals surface area contributed by atoms with Gasteiger partial charge in [0.1, 0.15) is 5.82 Å². The van der Waals surface area contributed by atoms with Gasteiger partial charge in [-0.2, -0.15) is 0 Å². The van der Waals surface area contributed by atoms with Crippen LogP contribution in [0.2, 0.25) is 5.02 Å². The van der Waals surface area contributed by atoms with Crippen molar-refractivity contribution in [2.75, 3.05) is 5.32 Å². The Bertz CT molecular complexity index is 1350. The van der Waals surface area contributed by atoms with Gasteiger partial charge in [-0.3, -0.25) is 4.79 Å². The minimum Gasteiger partial charge on any atom is -0.478 e. The molecule has 3 aromatic carbocycles. The molecule has 3 aromatic rings. The first kappa shape index (κ1) is 24.4. The van der Waals surface area contributed by atoms with Gasteiger partial charge in [0.2, 0.25) is 0 Å². The second kappa shape index (κ2) is 9.72. The lowest BCUT2D eigenvalue weighted by Gasteiger charge is -2.13. The van der Waals surface area contributed by atoms with Gasteiger partial charge < -0.3 is 20.6 Å². The number of nitrogens with one attached hydrogen (secondary N) is 1. The van der Waals surface area contributed by atoms with Crippen LogP contribution in [0.4, 0.5) is 10.1 Å². The van der Waals surface area contributed by atoms with Gasteiger partial charge in [-0.15, -0.1) is 0 Å². The standard InChI is InChI=1S/C24H17ClFNO7/c1-2-11-3-4-12(7-19(11)26)13-5-6-14(22(29)30)20(8-13)27-21(28)15-10-18(25)17(24(33)34)9-16(15)23(31)32/h3-10H,2H2,1H3,(H,27,28)(H,29,30)(H,31,32)(H,33,34). The SMILES string of the molecule is CCc1ccc(-c2ccc(C(=O)O)c(NC(=O)c3cc(Cl)c(C(=O)O)cc3C(=O)O)c2)cc1F. The topological polar surface area (TPSA) is 141 Å². The maximum absolute atomic E-state index is 14.2. The van der Waals surface area contributed by atoms with E-state index in [0.29, 0.717) is 23.1 Å². The molecule has 0 saturated carbocycles. The first-order chi connectivity index (χ1) is 16.0. The van der Waals surface area contributed by atoms with Crippen molar-refractivity contribution in [3.05, 3.63) is 87.2 Å². The number of carboxylic acid groups (broad SMARTS) is 3. The van der Waals surface area contributed by atoms with Crippen molar-refractivity contribution in [1.82, 2.24) is 0 Å². The molecule has 0 radical (unpaired) electrons. The smallest absolute Gasteiger partial charge is 0.337 e. The van der Waals surface area contributed by atoms with Crippen LogP contribution >= 0.6 is 11.6 Å². The number of hydrogen-bond acceptors (Lipinski definition) is 4. The van der Waals surface area contributed by atoms with Crippen molar-refractivity contribution in [3.8, 4) is 11.1 Å². The van der Waals surface area contributed by atoms with Gasteiger partial charge in [0.25, 0.3) is 5.91 Å². The van der Waals surface area contributed by atoms with E-state index in [4.69, 9.17) is 16.7 Å². The number of aromatic carboxylic acids is 3. The Morgan fingerprint density at radius 2 is 1.38 bits per heavy atom. The number of anilines is 1. The van der Waals surface area contributed by atoms with Crippen LogP contribution in [-0.4, -0.2) is 39.1 Å². The lowest BCUT2D eigenvalue weighted by Crippen LogP contribution is -2.19. The van der Waals surface area contributed by atoms with Crippen LogP contribution in [0.15, 0.2) is 48.5 Å². The number of carboxylic acids is 3. The molecule has 0 saturated heterocycles. The number of hydrogen-bond donors (Lipinski definition) is 4. The van der Waals surface area contributed by atoms with Gasteiger partial charge in [0.05, 0.1) is 33.0 Å². The summed E-state index contributed by atoms with van der Waals surface area (Å²) in [5.74, 6) is -5.90. The summed E-state index contributed by atoms with van der Waals surface area (Å²) in [5.41, 5.74) is -0.754. The molecule has 0 bridgehead atoms. The third-order valence-electron chi connectivity index (χ3n) is 5.08. The Morgan fingerprint density at radius 1 is 0.794 bits per heavy atom. The quantitative estimate of drug-likeness (QED) is 0.366. The van der Waals surface area contributed by atoms with Gasteiger partial charge >= 0.3 is 17.9 Å². The predicted octanol–water partition coefficient (Wildman–Crippen LogP) is 5.06. The molecule has 0 aliphatic heterocycles. The highest BCUT2D eigenvalue weighted by atomic mass is 35.5. The van der Waals surface area contributed by atoms with E-state index in [1.807, 2.05) is 0 Å². The number of carbonyl (C=O) groups is 4. The molecule has 34 heavy (non-hydrogen) atoms. The molecular weight excluding hydrogens is 469 g/mol. The van der Waals surface area contributed by atoms with Crippen molar-refractivity contribution in [2.45, 2.75) is 13.3 Å². The molecule has 0 spiro atoms. The fraction of sp³-hybridized carbons (Fsp3) is 0.0833. The predicted molar refractivity (Wildman–Crippen MR) is 121 cm³/mol. The lowest BCUT2D eigenvalue weighted by atomic mass is 9.99. The minimum atomic E-state index is -1.58. The Morgan fingerprint density at radius 3 is 1.94 bits per heavy atom. The summed E-state index contributed by atoms with van der Waals surface area (Å²) in [7, 11) is 0. The molecular formula is C24H17ClFNO7. The molecule has 4 N–H and O–H groups in total. The zero-order chi connectivity index (χ0) is 25.2. The van der Waals surface area contributed by atoms with Crippen LogP contribution in [0.25, 0.3) is 11.1 Å². The zero-order valence-corrected chi connectivity index (χ0v) is 18.3. The first-order valence-electron chi connectivity index (χ1n) is 9.81. The minimum absolute atomic E-state index is 0.176. The maximum Gasteiger partial charge on any atom is 0.337 e. The van der Waals surface area contributed by atoms with Gasteiger partial charge in [-0.1, -0.05) is 36.7 Å². The highest BCUT2D eigenvalue weighted by Gasteiger charge is 2.23. The van der Waals surface area contributed by atoms with Gasteiger partial charge in [0, 0.05) is 0 Å². The molecule has 174 valence electrons. The maximum atomic E-state index is 14.2. The van der Waals surface area contributed by atoms with E-state index in [2.05, 4.69) is 5.32 Å². The van der Waals surface area contributed by atoms with Gasteiger partial charge in [0.15, 0.2) is 0 Å².